The number of nitrogens with zero attached hydrogens (tertiary/aromatic N) is 2. The Labute approximate surface area is 210 Å². The van der Waals surface area contributed by atoms with E-state index in [4.69, 9.17) is 14.2 Å². The molecule has 3 aromatic rings. The number of benzene rings is 3. The number of hydrogen-bond donors (Lipinski definition) is 0. The first kappa shape index (κ1) is 22.4. The Hall–Kier alpha value is -4.08. The Balaban J connectivity index is 1.22. The lowest BCUT2D eigenvalue weighted by molar-refractivity contribution is -0.0331. The lowest BCUT2D eigenvalue weighted by Gasteiger charge is -2.44. The number of nitriles is 1. The van der Waals surface area contributed by atoms with Gasteiger partial charge < -0.3 is 14.2 Å². The van der Waals surface area contributed by atoms with Crippen molar-refractivity contribution in [1.29, 1.82) is 5.26 Å². The van der Waals surface area contributed by atoms with E-state index in [9.17, 15) is 10.1 Å². The number of carbonyl (C=O) groups is 1. The van der Waals surface area contributed by atoms with Crippen LogP contribution in [0, 0.1) is 11.3 Å². The normalized spacial score (nSPS) is 20.1. The summed E-state index contributed by atoms with van der Waals surface area (Å²) in [6, 6.07) is 24.1. The lowest BCUT2D eigenvalue weighted by Crippen LogP contribution is -2.56. The third-order valence-corrected chi connectivity index (χ3v) is 7.44. The number of carbonyl (C=O) groups excluding carboxylic acids is 1. The highest BCUT2D eigenvalue weighted by Gasteiger charge is 2.40. The average Bonchev–Trinajstić information content (AvgIpc) is 3.24. The van der Waals surface area contributed by atoms with Crippen molar-refractivity contribution < 1.29 is 19.0 Å². The Kier molecular flexibility index (Phi) is 5.71. The summed E-state index contributed by atoms with van der Waals surface area (Å²) in [6.45, 7) is 1.19. The second-order valence-corrected chi connectivity index (χ2v) is 9.39. The molecule has 1 amide bonds. The SMILES string of the molecule is COc1cc(C2=CC3COCC(C2)N3C(=O)OCC2c3ccccc3-c3ccccc32)ccc1C#N. The maximum atomic E-state index is 13.4. The zero-order valence-electron chi connectivity index (χ0n) is 20.0. The molecular formula is C30H26N2O4. The second-order valence-electron chi connectivity index (χ2n) is 9.39. The molecule has 1 fully saturated rings. The molecule has 3 aliphatic rings. The van der Waals surface area contributed by atoms with Gasteiger partial charge >= 0.3 is 6.09 Å². The highest BCUT2D eigenvalue weighted by Crippen LogP contribution is 2.44. The molecular weight excluding hydrogens is 452 g/mol. The highest BCUT2D eigenvalue weighted by molar-refractivity contribution is 5.79. The van der Waals surface area contributed by atoms with Gasteiger partial charge in [0.05, 0.1) is 38.0 Å². The van der Waals surface area contributed by atoms with Gasteiger partial charge in [0.25, 0.3) is 0 Å². The average molecular weight is 479 g/mol. The third-order valence-electron chi connectivity index (χ3n) is 7.44. The first-order valence-electron chi connectivity index (χ1n) is 12.2. The molecule has 0 radical (unpaired) electrons. The summed E-state index contributed by atoms with van der Waals surface area (Å²) in [5, 5.41) is 9.30. The van der Waals surface area contributed by atoms with E-state index >= 15 is 0 Å². The Bertz CT molecular complexity index is 1360. The van der Waals surface area contributed by atoms with Crippen LogP contribution in [-0.2, 0) is 9.47 Å². The van der Waals surface area contributed by atoms with Gasteiger partial charge in [-0.15, -0.1) is 0 Å². The quantitative estimate of drug-likeness (QED) is 0.504. The Morgan fingerprint density at radius 1 is 1.06 bits per heavy atom. The van der Waals surface area contributed by atoms with Gasteiger partial charge in [-0.3, -0.25) is 4.90 Å². The minimum absolute atomic E-state index is 0.0273. The molecule has 180 valence electrons. The molecule has 0 N–H and O–H groups in total. The molecule has 2 aliphatic heterocycles. The van der Waals surface area contributed by atoms with Crippen LogP contribution >= 0.6 is 0 Å². The van der Waals surface area contributed by atoms with Gasteiger partial charge in [0.1, 0.15) is 18.4 Å². The molecule has 6 nitrogen and oxygen atoms in total. The predicted octanol–water partition coefficient (Wildman–Crippen LogP) is 5.37. The largest absolute Gasteiger partial charge is 0.495 e. The van der Waals surface area contributed by atoms with Crippen LogP contribution in [0.1, 0.15) is 34.6 Å². The van der Waals surface area contributed by atoms with Crippen LogP contribution in [0.4, 0.5) is 4.79 Å². The number of methoxy groups -OCH3 is 1. The standard InChI is InChI=1S/C30H26N2O4/c1-34-29-14-19(10-11-20(29)15-31)21-12-22-16-35-17-23(13-21)32(22)30(33)36-18-28-26-8-4-2-6-24(26)25-7-3-5-9-27(25)28/h2-12,14,22-23,28H,13,16-18H2,1H3. The third kappa shape index (κ3) is 3.73. The van der Waals surface area contributed by atoms with Crippen LogP contribution in [-0.4, -0.2) is 50.0 Å². The maximum absolute atomic E-state index is 13.4. The number of rotatable bonds is 4. The number of morpholine rings is 1. The van der Waals surface area contributed by atoms with Gasteiger partial charge in [0, 0.05) is 5.92 Å². The fourth-order valence-corrected chi connectivity index (χ4v) is 5.75. The summed E-state index contributed by atoms with van der Waals surface area (Å²) in [4.78, 5) is 15.2. The van der Waals surface area contributed by atoms with Crippen molar-refractivity contribution in [3.8, 4) is 22.9 Å². The van der Waals surface area contributed by atoms with Gasteiger partial charge in [-0.1, -0.05) is 60.7 Å². The first-order valence-corrected chi connectivity index (χ1v) is 12.2. The summed E-state index contributed by atoms with van der Waals surface area (Å²) >= 11 is 0. The molecule has 2 bridgehead atoms. The molecule has 2 atom stereocenters. The van der Waals surface area contributed by atoms with E-state index in [1.807, 2.05) is 41.3 Å². The van der Waals surface area contributed by atoms with E-state index in [1.165, 1.54) is 22.3 Å². The summed E-state index contributed by atoms with van der Waals surface area (Å²) in [5.74, 6) is 0.579. The van der Waals surface area contributed by atoms with E-state index < -0.39 is 0 Å². The smallest absolute Gasteiger partial charge is 0.410 e. The summed E-state index contributed by atoms with van der Waals surface area (Å²) in [6.07, 6.45) is 2.43. The van der Waals surface area contributed by atoms with Gasteiger partial charge in [0.15, 0.2) is 0 Å². The summed E-state index contributed by atoms with van der Waals surface area (Å²) in [7, 11) is 1.57. The first-order chi connectivity index (χ1) is 17.7. The van der Waals surface area contributed by atoms with Crippen LogP contribution in [0.5, 0.6) is 5.75 Å². The number of fused-ring (bicyclic) bond motifs is 5. The fourth-order valence-electron chi connectivity index (χ4n) is 5.75. The molecule has 2 unspecified atom stereocenters. The molecule has 6 heteroatoms. The van der Waals surface area contributed by atoms with E-state index in [0.29, 0.717) is 37.6 Å². The molecule has 36 heavy (non-hydrogen) atoms. The molecule has 0 spiro atoms. The van der Waals surface area contributed by atoms with Gasteiger partial charge in [0.2, 0.25) is 0 Å². The lowest BCUT2D eigenvalue weighted by atomic mass is 9.89. The van der Waals surface area contributed by atoms with Crippen LogP contribution in [0.25, 0.3) is 16.7 Å². The number of hydrogen-bond acceptors (Lipinski definition) is 5. The second kappa shape index (κ2) is 9.18. The van der Waals surface area contributed by atoms with Crippen LogP contribution in [0.15, 0.2) is 72.8 Å². The number of ether oxygens (including phenoxy) is 3. The predicted molar refractivity (Wildman–Crippen MR) is 136 cm³/mol. The maximum Gasteiger partial charge on any atom is 0.410 e. The number of amides is 1. The zero-order chi connectivity index (χ0) is 24.6. The highest BCUT2D eigenvalue weighted by atomic mass is 16.6. The molecule has 2 heterocycles. The van der Waals surface area contributed by atoms with Gasteiger partial charge in [-0.2, -0.15) is 5.26 Å². The molecule has 1 saturated heterocycles. The zero-order valence-corrected chi connectivity index (χ0v) is 20.0. The van der Waals surface area contributed by atoms with E-state index in [1.54, 1.807) is 13.2 Å². The van der Waals surface area contributed by atoms with Crippen molar-refractivity contribution in [2.45, 2.75) is 24.4 Å². The molecule has 1 aliphatic carbocycles. The van der Waals surface area contributed by atoms with Crippen molar-refractivity contribution in [2.75, 3.05) is 26.9 Å². The van der Waals surface area contributed by atoms with Crippen LogP contribution in [0.3, 0.4) is 0 Å². The fraction of sp³-hybridized carbons (Fsp3) is 0.267. The molecule has 3 aromatic carbocycles. The van der Waals surface area contributed by atoms with Crippen molar-refractivity contribution in [2.24, 2.45) is 0 Å². The van der Waals surface area contributed by atoms with Crippen molar-refractivity contribution >= 4 is 11.7 Å². The van der Waals surface area contributed by atoms with Crippen LogP contribution in [0.2, 0.25) is 0 Å². The topological polar surface area (TPSA) is 71.8 Å². The molecule has 0 saturated carbocycles. The minimum atomic E-state index is -0.303. The summed E-state index contributed by atoms with van der Waals surface area (Å²) < 4.78 is 17.2. The Morgan fingerprint density at radius 3 is 2.44 bits per heavy atom. The van der Waals surface area contributed by atoms with E-state index in [0.717, 1.165) is 11.1 Å². The van der Waals surface area contributed by atoms with Crippen molar-refractivity contribution in [1.82, 2.24) is 4.90 Å². The van der Waals surface area contributed by atoms with E-state index in [-0.39, 0.29) is 24.1 Å². The van der Waals surface area contributed by atoms with E-state index in [2.05, 4.69) is 36.4 Å². The summed E-state index contributed by atoms with van der Waals surface area (Å²) in [5.41, 5.74) is 7.44. The van der Waals surface area contributed by atoms with Gasteiger partial charge in [-0.25, -0.2) is 4.79 Å². The monoisotopic (exact) mass is 478 g/mol. The Morgan fingerprint density at radius 2 is 1.78 bits per heavy atom. The van der Waals surface area contributed by atoms with Crippen LogP contribution < -0.4 is 4.74 Å². The van der Waals surface area contributed by atoms with Crippen molar-refractivity contribution in [3.63, 3.8) is 0 Å². The minimum Gasteiger partial charge on any atom is -0.495 e. The molecule has 0 aromatic heterocycles. The van der Waals surface area contributed by atoms with Crippen molar-refractivity contribution in [3.05, 3.63) is 95.1 Å². The molecule has 6 rings (SSSR count). The van der Waals surface area contributed by atoms with Gasteiger partial charge in [-0.05, 0) is 51.9 Å².